The van der Waals surface area contributed by atoms with E-state index in [0.717, 1.165) is 30.0 Å². The van der Waals surface area contributed by atoms with E-state index in [1.54, 1.807) is 6.07 Å². The molecule has 1 aliphatic heterocycles. The summed E-state index contributed by atoms with van der Waals surface area (Å²) in [5, 5.41) is 12.2. The maximum absolute atomic E-state index is 13.0. The quantitative estimate of drug-likeness (QED) is 0.879. The second-order valence-corrected chi connectivity index (χ2v) is 6.44. The van der Waals surface area contributed by atoms with E-state index < -0.39 is 0 Å². The van der Waals surface area contributed by atoms with Gasteiger partial charge in [-0.15, -0.1) is 0 Å². The summed E-state index contributed by atoms with van der Waals surface area (Å²) in [6.07, 6.45) is 4.48. The van der Waals surface area contributed by atoms with Gasteiger partial charge in [0.15, 0.2) is 0 Å². The van der Waals surface area contributed by atoms with Gasteiger partial charge in [-0.3, -0.25) is 4.79 Å². The summed E-state index contributed by atoms with van der Waals surface area (Å²) in [7, 11) is 0. The second-order valence-electron chi connectivity index (χ2n) is 6.44. The zero-order valence-corrected chi connectivity index (χ0v) is 13.1. The van der Waals surface area contributed by atoms with Crippen molar-refractivity contribution < 1.29 is 14.6 Å². The number of morpholine rings is 1. The van der Waals surface area contributed by atoms with Crippen molar-refractivity contribution in [3.8, 4) is 5.75 Å². The minimum atomic E-state index is -0.0755. The van der Waals surface area contributed by atoms with Gasteiger partial charge >= 0.3 is 0 Å². The number of nitrogens with zero attached hydrogens (tertiary/aromatic N) is 1. The van der Waals surface area contributed by atoms with Gasteiger partial charge < -0.3 is 14.7 Å². The summed E-state index contributed by atoms with van der Waals surface area (Å²) < 4.78 is 5.84. The Kier molecular flexibility index (Phi) is 3.69. The van der Waals surface area contributed by atoms with Gasteiger partial charge in [-0.05, 0) is 24.3 Å². The average Bonchev–Trinajstić information content (AvgIpc) is 2.61. The molecule has 0 aromatic heterocycles. The fraction of sp³-hybridized carbons (Fsp3) is 0.421. The molecule has 2 aromatic carbocycles. The van der Waals surface area contributed by atoms with Crippen LogP contribution in [0, 0.1) is 0 Å². The van der Waals surface area contributed by atoms with Crippen molar-refractivity contribution in [1.82, 2.24) is 4.90 Å². The molecule has 0 bridgehead atoms. The fourth-order valence-corrected chi connectivity index (χ4v) is 3.93. The molecular weight excluding hydrogens is 290 g/mol. The molecule has 1 aliphatic carbocycles. The molecule has 23 heavy (non-hydrogen) atoms. The maximum atomic E-state index is 13.0. The lowest BCUT2D eigenvalue weighted by Crippen LogP contribution is -2.54. The van der Waals surface area contributed by atoms with Crippen LogP contribution in [-0.4, -0.2) is 41.2 Å². The number of phenols is 1. The molecule has 4 rings (SSSR count). The first-order valence-corrected chi connectivity index (χ1v) is 8.39. The lowest BCUT2D eigenvalue weighted by Gasteiger charge is -2.43. The SMILES string of the molecule is O=C(c1ccc2ccccc2c1O)N1CCOC2CCCCC21. The van der Waals surface area contributed by atoms with Gasteiger partial charge in [-0.25, -0.2) is 0 Å². The van der Waals surface area contributed by atoms with Crippen LogP contribution in [0.5, 0.6) is 5.75 Å². The zero-order chi connectivity index (χ0) is 15.8. The van der Waals surface area contributed by atoms with Crippen LogP contribution in [0.1, 0.15) is 36.0 Å². The van der Waals surface area contributed by atoms with Crippen LogP contribution < -0.4 is 0 Å². The number of amides is 1. The first kappa shape index (κ1) is 14.5. The molecule has 0 radical (unpaired) electrons. The lowest BCUT2D eigenvalue weighted by molar-refractivity contribution is -0.0753. The Balaban J connectivity index is 1.69. The average molecular weight is 311 g/mol. The third kappa shape index (κ3) is 2.47. The van der Waals surface area contributed by atoms with Crippen LogP contribution in [0.25, 0.3) is 10.8 Å². The van der Waals surface area contributed by atoms with E-state index in [4.69, 9.17) is 4.74 Å². The summed E-state index contributed by atoms with van der Waals surface area (Å²) in [4.78, 5) is 14.9. The predicted molar refractivity (Wildman–Crippen MR) is 88.6 cm³/mol. The molecule has 2 aliphatic rings. The second kappa shape index (κ2) is 5.85. The third-order valence-electron chi connectivity index (χ3n) is 5.12. The molecule has 1 heterocycles. The van der Waals surface area contributed by atoms with Gasteiger partial charge in [0, 0.05) is 11.9 Å². The summed E-state index contributed by atoms with van der Waals surface area (Å²) in [5.41, 5.74) is 0.398. The fourth-order valence-electron chi connectivity index (χ4n) is 3.93. The van der Waals surface area contributed by atoms with E-state index in [1.807, 2.05) is 35.2 Å². The van der Waals surface area contributed by atoms with E-state index in [-0.39, 0.29) is 23.8 Å². The molecule has 1 saturated carbocycles. The van der Waals surface area contributed by atoms with Crippen molar-refractivity contribution in [2.75, 3.05) is 13.2 Å². The largest absolute Gasteiger partial charge is 0.506 e. The van der Waals surface area contributed by atoms with Gasteiger partial charge in [0.05, 0.1) is 24.3 Å². The Labute approximate surface area is 135 Å². The first-order valence-electron chi connectivity index (χ1n) is 8.39. The lowest BCUT2D eigenvalue weighted by atomic mass is 9.89. The highest BCUT2D eigenvalue weighted by Crippen LogP contribution is 2.33. The molecule has 1 amide bonds. The Morgan fingerprint density at radius 2 is 1.96 bits per heavy atom. The number of carbonyl (C=O) groups excluding carboxylic acids is 1. The van der Waals surface area contributed by atoms with E-state index in [1.165, 1.54) is 6.42 Å². The van der Waals surface area contributed by atoms with E-state index in [0.29, 0.717) is 18.7 Å². The third-order valence-corrected chi connectivity index (χ3v) is 5.12. The van der Waals surface area contributed by atoms with Crippen molar-refractivity contribution in [2.45, 2.75) is 37.8 Å². The van der Waals surface area contributed by atoms with E-state index >= 15 is 0 Å². The highest BCUT2D eigenvalue weighted by molar-refractivity contribution is 6.03. The minimum Gasteiger partial charge on any atom is -0.506 e. The Morgan fingerprint density at radius 1 is 1.13 bits per heavy atom. The van der Waals surface area contributed by atoms with Crippen LogP contribution in [0.4, 0.5) is 0 Å². The monoisotopic (exact) mass is 311 g/mol. The number of carbonyl (C=O) groups is 1. The zero-order valence-electron chi connectivity index (χ0n) is 13.1. The molecule has 1 saturated heterocycles. The molecule has 2 fully saturated rings. The van der Waals surface area contributed by atoms with Crippen LogP contribution in [0.15, 0.2) is 36.4 Å². The number of phenolic OH excluding ortho intramolecular Hbond substituents is 1. The number of hydrogen-bond acceptors (Lipinski definition) is 3. The van der Waals surface area contributed by atoms with Crippen molar-refractivity contribution in [2.24, 2.45) is 0 Å². The molecule has 0 spiro atoms. The van der Waals surface area contributed by atoms with E-state index in [9.17, 15) is 9.90 Å². The molecule has 2 atom stereocenters. The number of fused-ring (bicyclic) bond motifs is 2. The molecule has 120 valence electrons. The van der Waals surface area contributed by atoms with Crippen LogP contribution in [0.3, 0.4) is 0 Å². The molecule has 2 unspecified atom stereocenters. The molecule has 1 N–H and O–H groups in total. The summed E-state index contributed by atoms with van der Waals surface area (Å²) in [6, 6.07) is 11.4. The summed E-state index contributed by atoms with van der Waals surface area (Å²) in [5.74, 6) is 0.0143. The Hall–Kier alpha value is -2.07. The minimum absolute atomic E-state index is 0.0755. The number of aromatic hydroxyl groups is 1. The number of ether oxygens (including phenoxy) is 1. The normalized spacial score (nSPS) is 24.4. The van der Waals surface area contributed by atoms with Gasteiger partial charge in [-0.1, -0.05) is 43.2 Å². The van der Waals surface area contributed by atoms with Gasteiger partial charge in [0.1, 0.15) is 5.75 Å². The summed E-state index contributed by atoms with van der Waals surface area (Å²) >= 11 is 0. The van der Waals surface area contributed by atoms with Crippen molar-refractivity contribution in [3.63, 3.8) is 0 Å². The standard InChI is InChI=1S/C19H21NO3/c21-18-14-6-2-1-5-13(14)9-10-15(18)19(22)20-11-12-23-17-8-4-3-7-16(17)20/h1-2,5-6,9-10,16-17,21H,3-4,7-8,11-12H2. The van der Waals surface area contributed by atoms with Crippen molar-refractivity contribution in [3.05, 3.63) is 42.0 Å². The highest BCUT2D eigenvalue weighted by Gasteiger charge is 2.37. The maximum Gasteiger partial charge on any atom is 0.258 e. The van der Waals surface area contributed by atoms with Crippen molar-refractivity contribution in [1.29, 1.82) is 0 Å². The number of rotatable bonds is 1. The van der Waals surface area contributed by atoms with Crippen LogP contribution in [-0.2, 0) is 4.74 Å². The van der Waals surface area contributed by atoms with Crippen LogP contribution in [0.2, 0.25) is 0 Å². The molecule has 4 nitrogen and oxygen atoms in total. The Morgan fingerprint density at radius 3 is 2.87 bits per heavy atom. The number of hydrogen-bond donors (Lipinski definition) is 1. The Bertz CT molecular complexity index is 740. The molecule has 2 aromatic rings. The smallest absolute Gasteiger partial charge is 0.258 e. The molecule has 4 heteroatoms. The van der Waals surface area contributed by atoms with Gasteiger partial charge in [0.25, 0.3) is 5.91 Å². The van der Waals surface area contributed by atoms with E-state index in [2.05, 4.69) is 0 Å². The number of benzene rings is 2. The topological polar surface area (TPSA) is 49.8 Å². The predicted octanol–water partition coefficient (Wildman–Crippen LogP) is 3.33. The first-order chi connectivity index (χ1) is 11.3. The van der Waals surface area contributed by atoms with Gasteiger partial charge in [0.2, 0.25) is 0 Å². The van der Waals surface area contributed by atoms with Crippen molar-refractivity contribution >= 4 is 16.7 Å². The highest BCUT2D eigenvalue weighted by atomic mass is 16.5. The van der Waals surface area contributed by atoms with Gasteiger partial charge in [-0.2, -0.15) is 0 Å². The summed E-state index contributed by atoms with van der Waals surface area (Å²) in [6.45, 7) is 1.19. The molecular formula is C19H21NO3. The van der Waals surface area contributed by atoms with Crippen LogP contribution >= 0.6 is 0 Å².